The van der Waals surface area contributed by atoms with E-state index in [1.807, 2.05) is 26.8 Å². The maximum atomic E-state index is 10.7. The quantitative estimate of drug-likeness (QED) is 0.508. The van der Waals surface area contributed by atoms with Gasteiger partial charge in [-0.25, -0.2) is 0 Å². The molecule has 0 bridgehead atoms. The first-order chi connectivity index (χ1) is 15.7. The summed E-state index contributed by atoms with van der Waals surface area (Å²) in [4.78, 5) is 0. The first-order valence-electron chi connectivity index (χ1n) is 13.5. The average molecular weight is 481 g/mol. The van der Waals surface area contributed by atoms with Crippen LogP contribution < -0.4 is 0 Å². The maximum Gasteiger partial charge on any atom is 0.0924 e. The largest absolute Gasteiger partial charge is 0.390 e. The molecule has 0 aromatic carbocycles. The van der Waals surface area contributed by atoms with Gasteiger partial charge in [-0.05, 0) is 106 Å². The third kappa shape index (κ3) is 4.88. The Morgan fingerprint density at radius 2 is 1.44 bits per heavy atom. The van der Waals surface area contributed by atoms with Crippen molar-refractivity contribution < 1.29 is 29.2 Å². The van der Waals surface area contributed by atoms with Crippen LogP contribution in [0.4, 0.5) is 0 Å². The first kappa shape index (κ1) is 26.6. The molecule has 0 spiro atoms. The van der Waals surface area contributed by atoms with Crippen LogP contribution in [0, 0.1) is 0 Å². The summed E-state index contributed by atoms with van der Waals surface area (Å²) in [6, 6.07) is 0. The number of aliphatic hydroxyl groups excluding tert-OH is 1. The van der Waals surface area contributed by atoms with Crippen molar-refractivity contribution in [1.29, 1.82) is 0 Å². The molecular weight excluding hydrogens is 432 g/mol. The Labute approximate surface area is 206 Å². The van der Waals surface area contributed by atoms with Crippen LogP contribution in [0.15, 0.2) is 12.7 Å². The predicted molar refractivity (Wildman–Crippen MR) is 132 cm³/mol. The Bertz CT molecular complexity index is 750. The van der Waals surface area contributed by atoms with Gasteiger partial charge in [-0.1, -0.05) is 6.08 Å². The summed E-state index contributed by atoms with van der Waals surface area (Å²) in [6.45, 7) is 16.0. The highest BCUT2D eigenvalue weighted by atomic mass is 16.6. The van der Waals surface area contributed by atoms with Gasteiger partial charge in [0, 0.05) is 0 Å². The number of allylic oxidation sites excluding steroid dienone is 1. The number of ether oxygens (including phenoxy) is 4. The highest BCUT2D eigenvalue weighted by molar-refractivity contribution is 5.06. The lowest BCUT2D eigenvalue weighted by molar-refractivity contribution is -0.265. The molecule has 196 valence electrons. The smallest absolute Gasteiger partial charge is 0.0924 e. The molecule has 0 unspecified atom stereocenters. The molecule has 9 atom stereocenters. The fourth-order valence-corrected chi connectivity index (χ4v) is 6.87. The van der Waals surface area contributed by atoms with Gasteiger partial charge in [0.25, 0.3) is 0 Å². The Morgan fingerprint density at radius 3 is 2.06 bits per heavy atom. The summed E-state index contributed by atoms with van der Waals surface area (Å²) in [5.74, 6) is 0. The van der Waals surface area contributed by atoms with Crippen molar-refractivity contribution in [2.45, 2.75) is 164 Å². The molecule has 6 nitrogen and oxygen atoms in total. The molecule has 0 aromatic heterocycles. The Kier molecular flexibility index (Phi) is 7.12. The van der Waals surface area contributed by atoms with Gasteiger partial charge < -0.3 is 29.2 Å². The van der Waals surface area contributed by atoms with Crippen LogP contribution in [0.25, 0.3) is 0 Å². The lowest BCUT2D eigenvalue weighted by Gasteiger charge is -2.50. The predicted octanol–water partition coefficient (Wildman–Crippen LogP) is 4.84. The average Bonchev–Trinajstić information content (AvgIpc) is 3.49. The standard InChI is InChI=1S/C28H48O6/c1-8-9-15-25(4)19(29)12-16-28(7,34-25)22-11-10-21(31-22)26(5)18-14-23(33-26)27(6)17-13-20(32-27)24(2,3)30/h8,19-23,29-30H,1,9-18H2,2-7H3/t19-,20-,21-,22-,23-,25+,26+,27+,28+/m0/s1. The summed E-state index contributed by atoms with van der Waals surface area (Å²) in [6.07, 6.45) is 9.89. The third-order valence-electron chi connectivity index (χ3n) is 9.41. The van der Waals surface area contributed by atoms with Crippen LogP contribution in [0.5, 0.6) is 0 Å². The van der Waals surface area contributed by atoms with E-state index in [4.69, 9.17) is 18.9 Å². The third-order valence-corrected chi connectivity index (χ3v) is 9.41. The van der Waals surface area contributed by atoms with Crippen molar-refractivity contribution in [2.24, 2.45) is 0 Å². The molecule has 2 N–H and O–H groups in total. The summed E-state index contributed by atoms with van der Waals surface area (Å²) in [5.41, 5.74) is -2.56. The number of hydrogen-bond acceptors (Lipinski definition) is 6. The lowest BCUT2D eigenvalue weighted by Crippen LogP contribution is -2.58. The SMILES string of the molecule is C=CCC[C@@]1(C)O[C@@](C)([C@@H]2CC[C@@H]([C@@]3(C)CC[C@@H]([C@@]4(C)CC[C@@H](C(C)(C)O)O4)O3)O2)CC[C@@H]1O. The van der Waals surface area contributed by atoms with E-state index in [9.17, 15) is 10.2 Å². The Hall–Kier alpha value is -0.500. The van der Waals surface area contributed by atoms with Gasteiger partial charge >= 0.3 is 0 Å². The molecule has 0 radical (unpaired) electrons. The zero-order valence-electron chi connectivity index (χ0n) is 22.3. The van der Waals surface area contributed by atoms with E-state index >= 15 is 0 Å². The summed E-state index contributed by atoms with van der Waals surface area (Å²) < 4.78 is 26.5. The van der Waals surface area contributed by atoms with Gasteiger partial charge in [0.1, 0.15) is 0 Å². The van der Waals surface area contributed by atoms with Crippen LogP contribution in [0.2, 0.25) is 0 Å². The van der Waals surface area contributed by atoms with Crippen molar-refractivity contribution in [2.75, 3.05) is 0 Å². The van der Waals surface area contributed by atoms with Gasteiger partial charge in [0.05, 0.1) is 58.5 Å². The molecule has 4 aliphatic heterocycles. The molecule has 4 saturated heterocycles. The Balaban J connectivity index is 1.39. The minimum Gasteiger partial charge on any atom is -0.390 e. The highest BCUT2D eigenvalue weighted by Crippen LogP contribution is 2.50. The van der Waals surface area contributed by atoms with E-state index in [1.54, 1.807) is 0 Å². The molecule has 0 aromatic rings. The summed E-state index contributed by atoms with van der Waals surface area (Å²) >= 11 is 0. The second kappa shape index (κ2) is 9.11. The van der Waals surface area contributed by atoms with Crippen LogP contribution in [0.3, 0.4) is 0 Å². The monoisotopic (exact) mass is 480 g/mol. The van der Waals surface area contributed by atoms with E-state index in [-0.39, 0.29) is 35.6 Å². The number of hydrogen-bond donors (Lipinski definition) is 2. The first-order valence-corrected chi connectivity index (χ1v) is 13.5. The second-order valence-electron chi connectivity index (χ2n) is 12.9. The molecule has 0 saturated carbocycles. The van der Waals surface area contributed by atoms with Gasteiger partial charge in [0.2, 0.25) is 0 Å². The molecule has 0 amide bonds. The van der Waals surface area contributed by atoms with Crippen molar-refractivity contribution >= 4 is 0 Å². The van der Waals surface area contributed by atoms with E-state index in [2.05, 4.69) is 27.4 Å². The summed E-state index contributed by atoms with van der Waals surface area (Å²) in [5, 5.41) is 21.1. The fraction of sp³-hybridized carbons (Fsp3) is 0.929. The fourth-order valence-electron chi connectivity index (χ4n) is 6.87. The van der Waals surface area contributed by atoms with Gasteiger partial charge in [-0.2, -0.15) is 0 Å². The second-order valence-corrected chi connectivity index (χ2v) is 12.9. The van der Waals surface area contributed by atoms with Gasteiger partial charge in [0.15, 0.2) is 0 Å². The minimum absolute atomic E-state index is 0.00589. The highest BCUT2D eigenvalue weighted by Gasteiger charge is 2.57. The van der Waals surface area contributed by atoms with Crippen molar-refractivity contribution in [3.63, 3.8) is 0 Å². The maximum absolute atomic E-state index is 10.7. The van der Waals surface area contributed by atoms with E-state index < -0.39 is 22.9 Å². The van der Waals surface area contributed by atoms with E-state index in [0.29, 0.717) is 0 Å². The zero-order chi connectivity index (χ0) is 25.0. The minimum atomic E-state index is -0.843. The van der Waals surface area contributed by atoms with Crippen LogP contribution >= 0.6 is 0 Å². The molecule has 4 heterocycles. The van der Waals surface area contributed by atoms with Crippen LogP contribution in [-0.4, -0.2) is 68.7 Å². The zero-order valence-corrected chi connectivity index (χ0v) is 22.3. The molecule has 0 aliphatic carbocycles. The van der Waals surface area contributed by atoms with Crippen LogP contribution in [0.1, 0.15) is 106 Å². The van der Waals surface area contributed by atoms with Crippen molar-refractivity contribution in [3.05, 3.63) is 12.7 Å². The van der Waals surface area contributed by atoms with Crippen LogP contribution in [-0.2, 0) is 18.9 Å². The van der Waals surface area contributed by atoms with Gasteiger partial charge in [-0.15, -0.1) is 6.58 Å². The molecule has 6 heteroatoms. The van der Waals surface area contributed by atoms with Crippen molar-refractivity contribution in [3.8, 4) is 0 Å². The molecular formula is C28H48O6. The lowest BCUT2D eigenvalue weighted by atomic mass is 9.79. The number of rotatable bonds is 7. The van der Waals surface area contributed by atoms with Gasteiger partial charge in [-0.3, -0.25) is 0 Å². The van der Waals surface area contributed by atoms with E-state index in [1.165, 1.54) is 0 Å². The van der Waals surface area contributed by atoms with Crippen molar-refractivity contribution in [1.82, 2.24) is 0 Å². The normalized spacial score (nSPS) is 50.1. The molecule has 4 rings (SSSR count). The molecule has 4 fully saturated rings. The molecule has 34 heavy (non-hydrogen) atoms. The summed E-state index contributed by atoms with van der Waals surface area (Å²) in [7, 11) is 0. The molecule has 4 aliphatic rings. The topological polar surface area (TPSA) is 77.4 Å². The number of aliphatic hydroxyl groups is 2. The van der Waals surface area contributed by atoms with E-state index in [0.717, 1.165) is 64.2 Å². The Morgan fingerprint density at radius 1 is 0.853 bits per heavy atom.